The van der Waals surface area contributed by atoms with Gasteiger partial charge in [0.1, 0.15) is 11.3 Å². The van der Waals surface area contributed by atoms with E-state index in [0.29, 0.717) is 6.54 Å². The van der Waals surface area contributed by atoms with Gasteiger partial charge in [-0.2, -0.15) is 0 Å². The Balaban J connectivity index is 2.83. The minimum Gasteiger partial charge on any atom is -0.497 e. The van der Waals surface area contributed by atoms with Crippen LogP contribution in [-0.4, -0.2) is 30.3 Å². The van der Waals surface area contributed by atoms with Crippen molar-refractivity contribution >= 4 is 5.97 Å². The van der Waals surface area contributed by atoms with Gasteiger partial charge in [-0.25, -0.2) is 0 Å². The van der Waals surface area contributed by atoms with Crippen molar-refractivity contribution in [3.05, 3.63) is 29.8 Å². The molecule has 0 spiro atoms. The molecule has 0 aromatic heterocycles. The maximum absolute atomic E-state index is 11.1. The van der Waals surface area contributed by atoms with Crippen molar-refractivity contribution in [2.75, 3.05) is 13.7 Å². The highest BCUT2D eigenvalue weighted by atomic mass is 16.5. The van der Waals surface area contributed by atoms with Gasteiger partial charge in [0.05, 0.1) is 7.11 Å². The largest absolute Gasteiger partial charge is 0.497 e. The summed E-state index contributed by atoms with van der Waals surface area (Å²) < 4.78 is 5.22. The van der Waals surface area contributed by atoms with Gasteiger partial charge in [-0.05, 0) is 31.5 Å². The van der Waals surface area contributed by atoms with Gasteiger partial charge in [-0.1, -0.05) is 26.0 Å². The molecule has 0 atom stereocenters. The van der Waals surface area contributed by atoms with Gasteiger partial charge < -0.3 is 15.2 Å². The molecule has 0 fully saturated rings. The molecule has 0 aliphatic rings. The van der Waals surface area contributed by atoms with Crippen LogP contribution in [-0.2, 0) is 10.2 Å². The van der Waals surface area contributed by atoms with Gasteiger partial charge in [0, 0.05) is 12.0 Å². The van der Waals surface area contributed by atoms with Crippen LogP contribution < -0.4 is 10.1 Å². The molecule has 0 bridgehead atoms. The van der Waals surface area contributed by atoms with E-state index in [2.05, 4.69) is 19.2 Å². The third kappa shape index (κ3) is 3.96. The topological polar surface area (TPSA) is 58.6 Å². The molecule has 0 aliphatic heterocycles. The zero-order valence-corrected chi connectivity index (χ0v) is 12.3. The van der Waals surface area contributed by atoms with Crippen molar-refractivity contribution in [1.82, 2.24) is 5.32 Å². The van der Waals surface area contributed by atoms with Crippen LogP contribution >= 0.6 is 0 Å². The molecular weight excluding hydrogens is 242 g/mol. The second-order valence-electron chi connectivity index (χ2n) is 5.90. The molecule has 0 saturated heterocycles. The highest BCUT2D eigenvalue weighted by Crippen LogP contribution is 2.26. The van der Waals surface area contributed by atoms with E-state index in [1.807, 2.05) is 24.3 Å². The summed E-state index contributed by atoms with van der Waals surface area (Å²) in [6, 6.07) is 7.85. The first-order valence-electron chi connectivity index (χ1n) is 6.32. The lowest BCUT2D eigenvalue weighted by Crippen LogP contribution is -2.50. The monoisotopic (exact) mass is 265 g/mol. The third-order valence-corrected chi connectivity index (χ3v) is 3.36. The summed E-state index contributed by atoms with van der Waals surface area (Å²) in [5.41, 5.74) is -0.00208. The van der Waals surface area contributed by atoms with E-state index < -0.39 is 11.5 Å². The molecule has 106 valence electrons. The van der Waals surface area contributed by atoms with Crippen LogP contribution in [0.4, 0.5) is 0 Å². The van der Waals surface area contributed by atoms with Crippen molar-refractivity contribution in [1.29, 1.82) is 0 Å². The smallest absolute Gasteiger partial charge is 0.323 e. The van der Waals surface area contributed by atoms with Gasteiger partial charge in [-0.15, -0.1) is 0 Å². The lowest BCUT2D eigenvalue weighted by molar-refractivity contribution is -0.143. The Morgan fingerprint density at radius 1 is 1.32 bits per heavy atom. The Labute approximate surface area is 114 Å². The first kappa shape index (κ1) is 15.5. The van der Waals surface area contributed by atoms with E-state index in [0.717, 1.165) is 11.3 Å². The van der Waals surface area contributed by atoms with E-state index in [1.165, 1.54) is 0 Å². The molecule has 1 aromatic carbocycles. The van der Waals surface area contributed by atoms with Crippen molar-refractivity contribution < 1.29 is 14.6 Å². The molecule has 4 heteroatoms. The van der Waals surface area contributed by atoms with Crippen LogP contribution in [0.25, 0.3) is 0 Å². The summed E-state index contributed by atoms with van der Waals surface area (Å²) in [4.78, 5) is 11.1. The van der Waals surface area contributed by atoms with Gasteiger partial charge in [0.2, 0.25) is 0 Å². The minimum atomic E-state index is -0.934. The molecule has 1 aromatic rings. The van der Waals surface area contributed by atoms with Crippen LogP contribution in [0.3, 0.4) is 0 Å². The Kier molecular flexibility index (Phi) is 4.58. The average Bonchev–Trinajstić information content (AvgIpc) is 2.36. The SMILES string of the molecule is COc1cccc(C(C)(C)CNC(C)(C)C(=O)O)c1. The number of carboxylic acid groups (broad SMARTS) is 1. The number of rotatable bonds is 6. The molecule has 0 aliphatic carbocycles. The third-order valence-electron chi connectivity index (χ3n) is 3.36. The molecule has 4 nitrogen and oxygen atoms in total. The molecular formula is C15H23NO3. The fourth-order valence-electron chi connectivity index (χ4n) is 1.66. The molecule has 0 radical (unpaired) electrons. The van der Waals surface area contributed by atoms with E-state index in [-0.39, 0.29) is 5.41 Å². The normalized spacial score (nSPS) is 12.3. The van der Waals surface area contributed by atoms with Gasteiger partial charge in [0.25, 0.3) is 0 Å². The summed E-state index contributed by atoms with van der Waals surface area (Å²) in [6.07, 6.45) is 0. The standard InChI is InChI=1S/C15H23NO3/c1-14(2,10-16-15(3,4)13(17)18)11-7-6-8-12(9-11)19-5/h6-9,16H,10H2,1-5H3,(H,17,18). The van der Waals surface area contributed by atoms with Crippen LogP contribution in [0, 0.1) is 0 Å². The zero-order valence-electron chi connectivity index (χ0n) is 12.3. The Hall–Kier alpha value is -1.55. The van der Waals surface area contributed by atoms with Crippen molar-refractivity contribution in [3.8, 4) is 5.75 Å². The van der Waals surface area contributed by atoms with E-state index in [4.69, 9.17) is 9.84 Å². The average molecular weight is 265 g/mol. The Morgan fingerprint density at radius 3 is 2.47 bits per heavy atom. The summed E-state index contributed by atoms with van der Waals surface area (Å²) in [6.45, 7) is 8.05. The minimum absolute atomic E-state index is 0.179. The lowest BCUT2D eigenvalue weighted by atomic mass is 9.83. The van der Waals surface area contributed by atoms with Crippen molar-refractivity contribution in [3.63, 3.8) is 0 Å². The summed E-state index contributed by atoms with van der Waals surface area (Å²) in [5, 5.41) is 12.2. The van der Waals surface area contributed by atoms with Crippen LogP contribution in [0.2, 0.25) is 0 Å². The predicted molar refractivity (Wildman–Crippen MR) is 75.7 cm³/mol. The molecule has 0 heterocycles. The van der Waals surface area contributed by atoms with Gasteiger partial charge in [-0.3, -0.25) is 4.79 Å². The summed E-state index contributed by atoms with van der Waals surface area (Å²) in [5.74, 6) is -0.0444. The Bertz CT molecular complexity index is 452. The molecule has 0 saturated carbocycles. The number of carboxylic acids is 1. The first-order valence-corrected chi connectivity index (χ1v) is 6.32. The van der Waals surface area contributed by atoms with E-state index in [1.54, 1.807) is 21.0 Å². The lowest BCUT2D eigenvalue weighted by Gasteiger charge is -2.31. The van der Waals surface area contributed by atoms with Gasteiger partial charge in [0.15, 0.2) is 0 Å². The second kappa shape index (κ2) is 5.61. The van der Waals surface area contributed by atoms with Crippen LogP contribution in [0.15, 0.2) is 24.3 Å². The summed E-state index contributed by atoms with van der Waals surface area (Å²) >= 11 is 0. The molecule has 2 N–H and O–H groups in total. The zero-order chi connectivity index (χ0) is 14.7. The summed E-state index contributed by atoms with van der Waals surface area (Å²) in [7, 11) is 1.64. The van der Waals surface area contributed by atoms with E-state index >= 15 is 0 Å². The number of methoxy groups -OCH3 is 1. The number of hydrogen-bond donors (Lipinski definition) is 2. The Morgan fingerprint density at radius 2 is 1.95 bits per heavy atom. The highest BCUT2D eigenvalue weighted by Gasteiger charge is 2.30. The number of nitrogens with one attached hydrogen (secondary N) is 1. The predicted octanol–water partition coefficient (Wildman–Crippen LogP) is 2.43. The van der Waals surface area contributed by atoms with Crippen molar-refractivity contribution in [2.24, 2.45) is 0 Å². The number of benzene rings is 1. The van der Waals surface area contributed by atoms with Crippen LogP contribution in [0.5, 0.6) is 5.75 Å². The first-order chi connectivity index (χ1) is 8.69. The maximum atomic E-state index is 11.1. The van der Waals surface area contributed by atoms with E-state index in [9.17, 15) is 4.79 Å². The fourth-order valence-corrected chi connectivity index (χ4v) is 1.66. The molecule has 0 unspecified atom stereocenters. The number of aliphatic carboxylic acids is 1. The number of carbonyl (C=O) groups is 1. The highest BCUT2D eigenvalue weighted by molar-refractivity contribution is 5.77. The molecule has 19 heavy (non-hydrogen) atoms. The number of hydrogen-bond acceptors (Lipinski definition) is 3. The quantitative estimate of drug-likeness (QED) is 0.829. The maximum Gasteiger partial charge on any atom is 0.323 e. The molecule has 0 amide bonds. The van der Waals surface area contributed by atoms with Gasteiger partial charge >= 0.3 is 5.97 Å². The fraction of sp³-hybridized carbons (Fsp3) is 0.533. The van der Waals surface area contributed by atoms with Crippen LogP contribution in [0.1, 0.15) is 33.3 Å². The number of ether oxygens (including phenoxy) is 1. The van der Waals surface area contributed by atoms with Crippen molar-refractivity contribution in [2.45, 2.75) is 38.6 Å². The second-order valence-corrected chi connectivity index (χ2v) is 5.90. The molecule has 1 rings (SSSR count).